The summed E-state index contributed by atoms with van der Waals surface area (Å²) in [6, 6.07) is 7.65. The van der Waals surface area contributed by atoms with Crippen molar-refractivity contribution in [1.29, 1.82) is 0 Å². The van der Waals surface area contributed by atoms with E-state index in [1.54, 1.807) is 0 Å². The van der Waals surface area contributed by atoms with Crippen molar-refractivity contribution in [2.24, 2.45) is 5.92 Å². The highest BCUT2D eigenvalue weighted by atomic mass is 16.6. The monoisotopic (exact) mass is 317 g/mol. The molecule has 0 unspecified atom stereocenters. The van der Waals surface area contributed by atoms with E-state index in [1.165, 1.54) is 5.56 Å². The molecule has 1 saturated carbocycles. The summed E-state index contributed by atoms with van der Waals surface area (Å²) in [6.07, 6.45) is 1.52. The number of rotatable bonds is 3. The lowest BCUT2D eigenvalue weighted by Gasteiger charge is -2.27. The minimum atomic E-state index is -0.829. The molecule has 1 aromatic carbocycles. The number of aliphatic carboxylic acids is 1. The standard InChI is InChI=1S/C18H23NO4/c1-17(2,3)23-16(22)19-15-11-6-4-5-7-12(11)18(8-9-18)13(15)10-14(20)21/h4-7,13,15H,8-10H2,1-3H3,(H,19,22)(H,20,21)/t13-,15-/m0/s1. The van der Waals surface area contributed by atoms with E-state index in [9.17, 15) is 14.7 Å². The molecule has 2 atom stereocenters. The van der Waals surface area contributed by atoms with Gasteiger partial charge in [-0.15, -0.1) is 0 Å². The molecule has 1 spiro atoms. The van der Waals surface area contributed by atoms with E-state index in [0.717, 1.165) is 18.4 Å². The number of hydrogen-bond acceptors (Lipinski definition) is 3. The Kier molecular flexibility index (Phi) is 3.62. The number of carbonyl (C=O) groups excluding carboxylic acids is 1. The first kappa shape index (κ1) is 15.8. The summed E-state index contributed by atoms with van der Waals surface area (Å²) >= 11 is 0. The number of hydrogen-bond donors (Lipinski definition) is 2. The van der Waals surface area contributed by atoms with Crippen molar-refractivity contribution in [3.05, 3.63) is 35.4 Å². The molecule has 23 heavy (non-hydrogen) atoms. The number of alkyl carbamates (subject to hydrolysis) is 1. The summed E-state index contributed by atoms with van der Waals surface area (Å²) < 4.78 is 5.36. The normalized spacial score (nSPS) is 24.1. The van der Waals surface area contributed by atoms with Crippen LogP contribution in [-0.4, -0.2) is 22.8 Å². The minimum absolute atomic E-state index is 0.0507. The SMILES string of the molecule is CC(C)(C)OC(=O)N[C@H]1c2ccccc2C2(CC2)[C@H]1CC(=O)O. The zero-order valence-electron chi connectivity index (χ0n) is 13.8. The molecular weight excluding hydrogens is 294 g/mol. The number of carboxylic acid groups (broad SMARTS) is 1. The summed E-state index contributed by atoms with van der Waals surface area (Å²) in [5.74, 6) is -0.949. The molecule has 2 aliphatic carbocycles. The number of amides is 1. The number of benzene rings is 1. The molecule has 0 aromatic heterocycles. The average molecular weight is 317 g/mol. The summed E-state index contributed by atoms with van der Waals surface area (Å²) in [5.41, 5.74) is 1.55. The molecule has 124 valence electrons. The second kappa shape index (κ2) is 5.25. The van der Waals surface area contributed by atoms with Gasteiger partial charge < -0.3 is 15.2 Å². The highest BCUT2D eigenvalue weighted by molar-refractivity contribution is 5.71. The zero-order valence-corrected chi connectivity index (χ0v) is 13.8. The second-order valence-electron chi connectivity index (χ2n) is 7.57. The summed E-state index contributed by atoms with van der Waals surface area (Å²) in [5, 5.41) is 12.2. The molecule has 5 nitrogen and oxygen atoms in total. The number of carboxylic acids is 1. The lowest BCUT2D eigenvalue weighted by molar-refractivity contribution is -0.138. The van der Waals surface area contributed by atoms with E-state index in [1.807, 2.05) is 39.0 Å². The molecule has 3 rings (SSSR count). The van der Waals surface area contributed by atoms with E-state index in [0.29, 0.717) is 0 Å². The van der Waals surface area contributed by atoms with Crippen molar-refractivity contribution in [3.8, 4) is 0 Å². The van der Waals surface area contributed by atoms with Gasteiger partial charge in [-0.2, -0.15) is 0 Å². The highest BCUT2D eigenvalue weighted by Gasteiger charge is 2.59. The first-order valence-corrected chi connectivity index (χ1v) is 8.04. The number of carbonyl (C=O) groups is 2. The smallest absolute Gasteiger partial charge is 0.408 e. The number of nitrogens with one attached hydrogen (secondary N) is 1. The molecule has 0 bridgehead atoms. The van der Waals surface area contributed by atoms with Gasteiger partial charge in [0.1, 0.15) is 5.60 Å². The lowest BCUT2D eigenvalue weighted by atomic mass is 9.85. The van der Waals surface area contributed by atoms with Gasteiger partial charge in [0.05, 0.1) is 12.5 Å². The van der Waals surface area contributed by atoms with Gasteiger partial charge in [0.15, 0.2) is 0 Å². The fraction of sp³-hybridized carbons (Fsp3) is 0.556. The summed E-state index contributed by atoms with van der Waals surface area (Å²) in [4.78, 5) is 23.5. The predicted molar refractivity (Wildman–Crippen MR) is 85.2 cm³/mol. The van der Waals surface area contributed by atoms with Gasteiger partial charge in [-0.25, -0.2) is 4.79 Å². The zero-order chi connectivity index (χ0) is 16.8. The van der Waals surface area contributed by atoms with Crippen molar-refractivity contribution in [2.45, 2.75) is 57.1 Å². The van der Waals surface area contributed by atoms with E-state index < -0.39 is 17.7 Å². The molecule has 0 aliphatic heterocycles. The first-order valence-electron chi connectivity index (χ1n) is 8.04. The van der Waals surface area contributed by atoms with E-state index in [4.69, 9.17) is 4.74 Å². The molecule has 5 heteroatoms. The largest absolute Gasteiger partial charge is 0.481 e. The van der Waals surface area contributed by atoms with Crippen LogP contribution < -0.4 is 5.32 Å². The Morgan fingerprint density at radius 1 is 1.30 bits per heavy atom. The maximum atomic E-state index is 12.2. The maximum Gasteiger partial charge on any atom is 0.408 e. The van der Waals surface area contributed by atoms with Crippen molar-refractivity contribution in [2.75, 3.05) is 0 Å². The molecule has 2 N–H and O–H groups in total. The van der Waals surface area contributed by atoms with Crippen molar-refractivity contribution >= 4 is 12.1 Å². The number of fused-ring (bicyclic) bond motifs is 2. The Hall–Kier alpha value is -2.04. The van der Waals surface area contributed by atoms with Crippen LogP contribution >= 0.6 is 0 Å². The third kappa shape index (κ3) is 2.92. The van der Waals surface area contributed by atoms with Crippen LogP contribution in [0.3, 0.4) is 0 Å². The van der Waals surface area contributed by atoms with E-state index in [2.05, 4.69) is 11.4 Å². The van der Waals surface area contributed by atoms with Crippen LogP contribution in [0.1, 0.15) is 57.2 Å². The lowest BCUT2D eigenvalue weighted by Crippen LogP contribution is -2.38. The Bertz CT molecular complexity index is 643. The fourth-order valence-corrected chi connectivity index (χ4v) is 3.85. The maximum absolute atomic E-state index is 12.2. The van der Waals surface area contributed by atoms with Crippen LogP contribution in [0, 0.1) is 5.92 Å². The van der Waals surface area contributed by atoms with Gasteiger partial charge >= 0.3 is 12.1 Å². The predicted octanol–water partition coefficient (Wildman–Crippen LogP) is 3.39. The third-order valence-electron chi connectivity index (χ3n) is 4.80. The van der Waals surface area contributed by atoms with Crippen LogP contribution in [0.15, 0.2) is 24.3 Å². The summed E-state index contributed by atoms with van der Waals surface area (Å²) in [7, 11) is 0. The quantitative estimate of drug-likeness (QED) is 0.896. The van der Waals surface area contributed by atoms with Gasteiger partial charge in [-0.1, -0.05) is 24.3 Å². The molecular formula is C18H23NO4. The first-order chi connectivity index (χ1) is 10.7. The van der Waals surface area contributed by atoms with E-state index in [-0.39, 0.29) is 23.8 Å². The van der Waals surface area contributed by atoms with E-state index >= 15 is 0 Å². The van der Waals surface area contributed by atoms with Gasteiger partial charge in [0, 0.05) is 11.3 Å². The fourth-order valence-electron chi connectivity index (χ4n) is 3.85. The molecule has 1 fully saturated rings. The Balaban J connectivity index is 1.89. The third-order valence-corrected chi connectivity index (χ3v) is 4.80. The minimum Gasteiger partial charge on any atom is -0.481 e. The summed E-state index contributed by atoms with van der Waals surface area (Å²) in [6.45, 7) is 5.44. The van der Waals surface area contributed by atoms with Crippen LogP contribution in [-0.2, 0) is 14.9 Å². The Labute approximate surface area is 136 Å². The van der Waals surface area contributed by atoms with Gasteiger partial charge in [-0.3, -0.25) is 4.79 Å². The van der Waals surface area contributed by atoms with Crippen LogP contribution in [0.5, 0.6) is 0 Å². The molecule has 2 aliphatic rings. The van der Waals surface area contributed by atoms with Gasteiger partial charge in [0.2, 0.25) is 0 Å². The van der Waals surface area contributed by atoms with Crippen LogP contribution in [0.2, 0.25) is 0 Å². The second-order valence-corrected chi connectivity index (χ2v) is 7.57. The Morgan fingerprint density at radius 3 is 2.52 bits per heavy atom. The number of ether oxygens (including phenoxy) is 1. The average Bonchev–Trinajstić information content (AvgIpc) is 3.17. The Morgan fingerprint density at radius 2 is 1.96 bits per heavy atom. The van der Waals surface area contributed by atoms with Crippen molar-refractivity contribution in [3.63, 3.8) is 0 Å². The molecule has 0 heterocycles. The van der Waals surface area contributed by atoms with Crippen LogP contribution in [0.4, 0.5) is 4.79 Å². The molecule has 1 aromatic rings. The highest BCUT2D eigenvalue weighted by Crippen LogP contribution is 2.64. The topological polar surface area (TPSA) is 75.6 Å². The van der Waals surface area contributed by atoms with Crippen LogP contribution in [0.25, 0.3) is 0 Å². The van der Waals surface area contributed by atoms with Crippen molar-refractivity contribution < 1.29 is 19.4 Å². The van der Waals surface area contributed by atoms with Crippen molar-refractivity contribution in [1.82, 2.24) is 5.32 Å². The van der Waals surface area contributed by atoms with Gasteiger partial charge in [0.25, 0.3) is 0 Å². The molecule has 0 saturated heterocycles. The molecule has 1 amide bonds. The van der Waals surface area contributed by atoms with Gasteiger partial charge in [-0.05, 0) is 44.7 Å². The molecule has 0 radical (unpaired) electrons.